The van der Waals surface area contributed by atoms with Gasteiger partial charge in [-0.3, -0.25) is 14.4 Å². The van der Waals surface area contributed by atoms with E-state index in [9.17, 15) is 19.2 Å². The zero-order valence-corrected chi connectivity index (χ0v) is 15.2. The maximum atomic E-state index is 12.2. The van der Waals surface area contributed by atoms with Gasteiger partial charge in [0.15, 0.2) is 6.29 Å². The average Bonchev–Trinajstić information content (AvgIpc) is 2.65. The van der Waals surface area contributed by atoms with Gasteiger partial charge in [-0.2, -0.15) is 0 Å². The van der Waals surface area contributed by atoms with Gasteiger partial charge in [0.25, 0.3) is 5.91 Å². The fourth-order valence-electron chi connectivity index (χ4n) is 2.49. The second-order valence-electron chi connectivity index (χ2n) is 6.12. The first-order valence-corrected chi connectivity index (χ1v) is 8.40. The Labute approximate surface area is 161 Å². The molecule has 146 valence electrons. The fourth-order valence-corrected chi connectivity index (χ4v) is 2.49. The number of amides is 2. The molecule has 0 aromatic heterocycles. The van der Waals surface area contributed by atoms with E-state index in [1.807, 2.05) is 13.0 Å². The number of ether oxygens (including phenoxy) is 1. The molecule has 0 bridgehead atoms. The van der Waals surface area contributed by atoms with E-state index in [4.69, 9.17) is 15.6 Å². The van der Waals surface area contributed by atoms with Crippen LogP contribution in [0.25, 0.3) is 0 Å². The second kappa shape index (κ2) is 9.31. The second-order valence-corrected chi connectivity index (χ2v) is 6.12. The summed E-state index contributed by atoms with van der Waals surface area (Å²) in [7, 11) is 0. The first-order valence-electron chi connectivity index (χ1n) is 8.40. The summed E-state index contributed by atoms with van der Waals surface area (Å²) in [6.45, 7) is 2.00. The Kier molecular flexibility index (Phi) is 6.86. The fraction of sp³-hybridized carbons (Fsp3) is 0.200. The molecular weight excluding hydrogens is 364 g/mol. The molecule has 2 rings (SSSR count). The van der Waals surface area contributed by atoms with Crippen molar-refractivity contribution in [2.75, 3.05) is 0 Å². The molecule has 0 radical (unpaired) electrons. The molecule has 8 heteroatoms. The predicted octanol–water partition coefficient (Wildman–Crippen LogP) is 1.44. The van der Waals surface area contributed by atoms with Crippen molar-refractivity contribution in [2.24, 2.45) is 5.73 Å². The van der Waals surface area contributed by atoms with Crippen LogP contribution in [0.2, 0.25) is 0 Å². The van der Waals surface area contributed by atoms with Gasteiger partial charge in [-0.05, 0) is 36.2 Å². The molecule has 0 saturated heterocycles. The number of hydrogen-bond donors (Lipinski definition) is 3. The highest BCUT2D eigenvalue weighted by Crippen LogP contribution is 2.21. The third-order valence-corrected chi connectivity index (χ3v) is 4.02. The topological polar surface area (TPSA) is 136 Å². The number of rotatable bonds is 9. The van der Waals surface area contributed by atoms with Gasteiger partial charge in [0.05, 0.1) is 12.0 Å². The van der Waals surface area contributed by atoms with Gasteiger partial charge < -0.3 is 20.9 Å². The number of carbonyl (C=O) groups excluding carboxylic acids is 3. The molecule has 0 spiro atoms. The Morgan fingerprint density at radius 3 is 2.43 bits per heavy atom. The molecule has 0 aliphatic rings. The summed E-state index contributed by atoms with van der Waals surface area (Å²) in [4.78, 5) is 45.3. The van der Waals surface area contributed by atoms with E-state index in [1.54, 1.807) is 24.3 Å². The summed E-state index contributed by atoms with van der Waals surface area (Å²) in [5, 5.41) is 11.3. The van der Waals surface area contributed by atoms with Crippen LogP contribution in [0.15, 0.2) is 42.5 Å². The molecular formula is C20H20N2O6. The lowest BCUT2D eigenvalue weighted by atomic mass is 10.1. The van der Waals surface area contributed by atoms with E-state index in [0.717, 1.165) is 17.4 Å². The van der Waals surface area contributed by atoms with Crippen molar-refractivity contribution in [2.45, 2.75) is 26.0 Å². The number of aldehydes is 1. The lowest BCUT2D eigenvalue weighted by Crippen LogP contribution is -2.43. The monoisotopic (exact) mass is 384 g/mol. The van der Waals surface area contributed by atoms with E-state index in [1.165, 1.54) is 12.1 Å². The largest absolute Gasteiger partial charge is 0.488 e. The Bertz CT molecular complexity index is 892. The molecule has 0 fully saturated rings. The molecule has 2 aromatic carbocycles. The van der Waals surface area contributed by atoms with E-state index in [-0.39, 0.29) is 12.2 Å². The van der Waals surface area contributed by atoms with Crippen molar-refractivity contribution in [3.8, 4) is 5.75 Å². The third kappa shape index (κ3) is 5.41. The van der Waals surface area contributed by atoms with E-state index in [2.05, 4.69) is 5.32 Å². The van der Waals surface area contributed by atoms with Crippen LogP contribution in [0.1, 0.15) is 38.3 Å². The van der Waals surface area contributed by atoms with Gasteiger partial charge in [-0.15, -0.1) is 0 Å². The summed E-state index contributed by atoms with van der Waals surface area (Å²) < 4.78 is 5.67. The molecule has 4 N–H and O–H groups in total. The molecule has 0 heterocycles. The highest BCUT2D eigenvalue weighted by Gasteiger charge is 2.22. The number of hydrogen-bond acceptors (Lipinski definition) is 5. The van der Waals surface area contributed by atoms with Gasteiger partial charge in [-0.1, -0.05) is 24.3 Å². The molecule has 28 heavy (non-hydrogen) atoms. The summed E-state index contributed by atoms with van der Waals surface area (Å²) >= 11 is 0. The Balaban J connectivity index is 2.02. The zero-order valence-electron chi connectivity index (χ0n) is 15.2. The minimum Gasteiger partial charge on any atom is -0.488 e. The molecule has 1 atom stereocenters. The van der Waals surface area contributed by atoms with Crippen LogP contribution in [-0.2, 0) is 16.2 Å². The average molecular weight is 384 g/mol. The lowest BCUT2D eigenvalue weighted by Gasteiger charge is -2.13. The molecule has 0 saturated carbocycles. The maximum absolute atomic E-state index is 12.2. The third-order valence-electron chi connectivity index (χ3n) is 4.02. The molecule has 0 aliphatic carbocycles. The minimum atomic E-state index is -1.39. The van der Waals surface area contributed by atoms with Crippen LogP contribution in [-0.4, -0.2) is 35.2 Å². The minimum absolute atomic E-state index is 0.186. The van der Waals surface area contributed by atoms with Crippen LogP contribution < -0.4 is 15.8 Å². The van der Waals surface area contributed by atoms with Crippen LogP contribution in [0.4, 0.5) is 0 Å². The molecule has 0 unspecified atom stereocenters. The number of carboxylic acid groups (broad SMARTS) is 1. The van der Waals surface area contributed by atoms with Gasteiger partial charge in [0.1, 0.15) is 18.4 Å². The summed E-state index contributed by atoms with van der Waals surface area (Å²) in [6.07, 6.45) is 0.242. The van der Waals surface area contributed by atoms with Crippen LogP contribution in [0.5, 0.6) is 5.75 Å². The number of carbonyl (C=O) groups is 4. The van der Waals surface area contributed by atoms with Crippen molar-refractivity contribution in [1.82, 2.24) is 5.32 Å². The lowest BCUT2D eigenvalue weighted by molar-refractivity contribution is -0.140. The Morgan fingerprint density at radius 2 is 1.86 bits per heavy atom. The van der Waals surface area contributed by atoms with Gasteiger partial charge in [-0.25, -0.2) is 4.79 Å². The normalized spacial score (nSPS) is 11.3. The molecule has 8 nitrogen and oxygen atoms in total. The number of carboxylic acids is 1. The number of aliphatic carboxylic acids is 1. The van der Waals surface area contributed by atoms with Crippen LogP contribution in [0, 0.1) is 6.92 Å². The van der Waals surface area contributed by atoms with Crippen molar-refractivity contribution >= 4 is 24.1 Å². The number of nitrogens with one attached hydrogen (secondary N) is 1. The van der Waals surface area contributed by atoms with Crippen molar-refractivity contribution in [1.29, 1.82) is 0 Å². The summed E-state index contributed by atoms with van der Waals surface area (Å²) in [5.74, 6) is -2.34. The first kappa shape index (κ1) is 20.6. The Morgan fingerprint density at radius 1 is 1.18 bits per heavy atom. The molecule has 2 aromatic rings. The number of aryl methyl sites for hydroxylation is 1. The highest BCUT2D eigenvalue weighted by atomic mass is 16.5. The van der Waals surface area contributed by atoms with Crippen LogP contribution >= 0.6 is 0 Å². The standard InChI is InChI=1S/C20H20N2O6/c1-12-3-2-4-17(15(12)10-23)28-11-13-5-7-14(8-6-13)19(25)22-16(20(26)27)9-18(21)24/h2-8,10,16H,9,11H2,1H3,(H2,21,24)(H,22,25)(H,26,27)/t16-/m0/s1. The van der Waals surface area contributed by atoms with Gasteiger partial charge >= 0.3 is 5.97 Å². The smallest absolute Gasteiger partial charge is 0.326 e. The van der Waals surface area contributed by atoms with E-state index < -0.39 is 30.2 Å². The number of benzene rings is 2. The molecule has 2 amide bonds. The Hall–Kier alpha value is -3.68. The van der Waals surface area contributed by atoms with Crippen molar-refractivity contribution < 1.29 is 29.0 Å². The zero-order chi connectivity index (χ0) is 20.7. The summed E-state index contributed by atoms with van der Waals surface area (Å²) in [6, 6.07) is 10.2. The van der Waals surface area contributed by atoms with E-state index >= 15 is 0 Å². The number of nitrogens with two attached hydrogens (primary N) is 1. The van der Waals surface area contributed by atoms with Crippen molar-refractivity contribution in [3.05, 3.63) is 64.7 Å². The number of primary amides is 1. The quantitative estimate of drug-likeness (QED) is 0.560. The van der Waals surface area contributed by atoms with Crippen LogP contribution in [0.3, 0.4) is 0 Å². The van der Waals surface area contributed by atoms with Crippen molar-refractivity contribution in [3.63, 3.8) is 0 Å². The maximum Gasteiger partial charge on any atom is 0.326 e. The van der Waals surface area contributed by atoms with Gasteiger partial charge in [0, 0.05) is 5.56 Å². The first-order chi connectivity index (χ1) is 13.3. The summed E-state index contributed by atoms with van der Waals surface area (Å²) in [5.41, 5.74) is 7.25. The predicted molar refractivity (Wildman–Crippen MR) is 100 cm³/mol. The highest BCUT2D eigenvalue weighted by molar-refractivity contribution is 5.97. The van der Waals surface area contributed by atoms with E-state index in [0.29, 0.717) is 11.3 Å². The SMILES string of the molecule is Cc1cccc(OCc2ccc(C(=O)N[C@@H](CC(N)=O)C(=O)O)cc2)c1C=O. The molecule has 0 aliphatic heterocycles. The van der Waals surface area contributed by atoms with Gasteiger partial charge in [0.2, 0.25) is 5.91 Å².